The first-order chi connectivity index (χ1) is 6.26. The molecule has 4 heteroatoms. The summed E-state index contributed by atoms with van der Waals surface area (Å²) >= 11 is 1.76. The van der Waals surface area contributed by atoms with Gasteiger partial charge in [0.15, 0.2) is 0 Å². The molecule has 3 nitrogen and oxygen atoms in total. The van der Waals surface area contributed by atoms with Crippen LogP contribution in [-0.4, -0.2) is 24.0 Å². The molecule has 0 saturated carbocycles. The summed E-state index contributed by atoms with van der Waals surface area (Å²) in [4.78, 5) is 11.2. The predicted molar refractivity (Wildman–Crippen MR) is 55.4 cm³/mol. The zero-order valence-corrected chi connectivity index (χ0v) is 8.99. The summed E-state index contributed by atoms with van der Waals surface area (Å²) in [7, 11) is 0. The predicted octanol–water partition coefficient (Wildman–Crippen LogP) is 1.41. The maximum absolute atomic E-state index is 11.2. The SMILES string of the molecule is CCNC(=O)C(C#N)CCSCC. The van der Waals surface area contributed by atoms with Gasteiger partial charge in [-0.05, 0) is 24.9 Å². The van der Waals surface area contributed by atoms with Gasteiger partial charge in [-0.2, -0.15) is 17.0 Å². The van der Waals surface area contributed by atoms with E-state index >= 15 is 0 Å². The Morgan fingerprint density at radius 3 is 2.77 bits per heavy atom. The minimum absolute atomic E-state index is 0.137. The quantitative estimate of drug-likeness (QED) is 0.659. The largest absolute Gasteiger partial charge is 0.355 e. The summed E-state index contributed by atoms with van der Waals surface area (Å²) in [5.74, 6) is 1.31. The lowest BCUT2D eigenvalue weighted by Crippen LogP contribution is -2.29. The van der Waals surface area contributed by atoms with E-state index in [9.17, 15) is 4.79 Å². The highest BCUT2D eigenvalue weighted by molar-refractivity contribution is 7.99. The van der Waals surface area contributed by atoms with Crippen molar-refractivity contribution < 1.29 is 4.79 Å². The Morgan fingerprint density at radius 2 is 2.31 bits per heavy atom. The Labute approximate surface area is 83.9 Å². The molecule has 0 radical (unpaired) electrons. The molecule has 0 aliphatic carbocycles. The van der Waals surface area contributed by atoms with Crippen LogP contribution in [-0.2, 0) is 4.79 Å². The van der Waals surface area contributed by atoms with E-state index in [-0.39, 0.29) is 5.91 Å². The molecule has 0 fully saturated rings. The minimum atomic E-state index is -0.473. The summed E-state index contributed by atoms with van der Waals surface area (Å²) in [6.07, 6.45) is 0.654. The Hall–Kier alpha value is -0.690. The van der Waals surface area contributed by atoms with E-state index in [0.29, 0.717) is 13.0 Å². The maximum atomic E-state index is 11.2. The van der Waals surface area contributed by atoms with Gasteiger partial charge in [0.05, 0.1) is 6.07 Å². The lowest BCUT2D eigenvalue weighted by atomic mass is 10.1. The number of carbonyl (C=O) groups is 1. The fourth-order valence-electron chi connectivity index (χ4n) is 0.897. The van der Waals surface area contributed by atoms with E-state index in [2.05, 4.69) is 12.2 Å². The van der Waals surface area contributed by atoms with Crippen molar-refractivity contribution in [3.05, 3.63) is 0 Å². The Kier molecular flexibility index (Phi) is 7.51. The van der Waals surface area contributed by atoms with Crippen LogP contribution in [0.5, 0.6) is 0 Å². The van der Waals surface area contributed by atoms with Crippen molar-refractivity contribution in [2.75, 3.05) is 18.1 Å². The third kappa shape index (κ3) is 5.53. The number of nitrogens with zero attached hydrogens (tertiary/aromatic N) is 1. The molecule has 1 unspecified atom stereocenters. The van der Waals surface area contributed by atoms with Gasteiger partial charge in [-0.25, -0.2) is 0 Å². The monoisotopic (exact) mass is 200 g/mol. The Balaban J connectivity index is 3.76. The van der Waals surface area contributed by atoms with E-state index < -0.39 is 5.92 Å². The van der Waals surface area contributed by atoms with Crippen LogP contribution in [0, 0.1) is 17.2 Å². The molecule has 1 atom stereocenters. The second kappa shape index (κ2) is 7.93. The molecular weight excluding hydrogens is 184 g/mol. The van der Waals surface area contributed by atoms with Crippen LogP contribution in [0.25, 0.3) is 0 Å². The van der Waals surface area contributed by atoms with Gasteiger partial charge >= 0.3 is 0 Å². The molecule has 13 heavy (non-hydrogen) atoms. The van der Waals surface area contributed by atoms with Crippen LogP contribution < -0.4 is 5.32 Å². The lowest BCUT2D eigenvalue weighted by Gasteiger charge is -2.07. The number of rotatable bonds is 6. The number of thioether (sulfide) groups is 1. The summed E-state index contributed by atoms with van der Waals surface area (Å²) in [5.41, 5.74) is 0. The van der Waals surface area contributed by atoms with Crippen LogP contribution in [0.2, 0.25) is 0 Å². The fraction of sp³-hybridized carbons (Fsp3) is 0.778. The smallest absolute Gasteiger partial charge is 0.237 e. The minimum Gasteiger partial charge on any atom is -0.355 e. The number of carbonyl (C=O) groups excluding carboxylic acids is 1. The van der Waals surface area contributed by atoms with Crippen LogP contribution in [0.1, 0.15) is 20.3 Å². The molecule has 0 aromatic carbocycles. The molecule has 1 N–H and O–H groups in total. The molecule has 74 valence electrons. The zero-order valence-electron chi connectivity index (χ0n) is 8.17. The molecule has 0 bridgehead atoms. The van der Waals surface area contributed by atoms with E-state index in [1.807, 2.05) is 13.0 Å². The summed E-state index contributed by atoms with van der Waals surface area (Å²) < 4.78 is 0. The summed E-state index contributed by atoms with van der Waals surface area (Å²) in [5, 5.41) is 11.4. The summed E-state index contributed by atoms with van der Waals surface area (Å²) in [6, 6.07) is 2.02. The number of nitriles is 1. The lowest BCUT2D eigenvalue weighted by molar-refractivity contribution is -0.123. The van der Waals surface area contributed by atoms with Gasteiger partial charge in [0, 0.05) is 6.54 Å². The van der Waals surface area contributed by atoms with Crippen LogP contribution in [0.3, 0.4) is 0 Å². The third-order valence-electron chi connectivity index (χ3n) is 1.58. The van der Waals surface area contributed by atoms with Crippen molar-refractivity contribution in [3.8, 4) is 6.07 Å². The first kappa shape index (κ1) is 12.3. The zero-order chi connectivity index (χ0) is 10.1. The number of nitrogens with one attached hydrogen (secondary N) is 1. The van der Waals surface area contributed by atoms with Gasteiger partial charge in [-0.15, -0.1) is 0 Å². The summed E-state index contributed by atoms with van der Waals surface area (Å²) in [6.45, 7) is 4.52. The average Bonchev–Trinajstić information content (AvgIpc) is 2.13. The molecule has 0 aliphatic heterocycles. The number of amides is 1. The highest BCUT2D eigenvalue weighted by Gasteiger charge is 2.15. The number of hydrogen-bond donors (Lipinski definition) is 1. The van der Waals surface area contributed by atoms with Crippen molar-refractivity contribution in [1.82, 2.24) is 5.32 Å². The molecule has 0 aliphatic rings. The van der Waals surface area contributed by atoms with Crippen molar-refractivity contribution in [2.45, 2.75) is 20.3 Å². The van der Waals surface area contributed by atoms with Crippen LogP contribution in [0.4, 0.5) is 0 Å². The van der Waals surface area contributed by atoms with Gasteiger partial charge in [0.1, 0.15) is 5.92 Å². The molecule has 0 spiro atoms. The average molecular weight is 200 g/mol. The second-order valence-electron chi connectivity index (χ2n) is 2.56. The third-order valence-corrected chi connectivity index (χ3v) is 2.51. The van der Waals surface area contributed by atoms with Gasteiger partial charge in [0.25, 0.3) is 0 Å². The number of hydrogen-bond acceptors (Lipinski definition) is 3. The van der Waals surface area contributed by atoms with E-state index in [1.54, 1.807) is 11.8 Å². The Morgan fingerprint density at radius 1 is 1.62 bits per heavy atom. The van der Waals surface area contributed by atoms with E-state index in [1.165, 1.54) is 0 Å². The highest BCUT2D eigenvalue weighted by Crippen LogP contribution is 2.08. The topological polar surface area (TPSA) is 52.9 Å². The standard InChI is InChI=1S/C9H16N2OS/c1-3-11-9(12)8(7-10)5-6-13-4-2/h8H,3-6H2,1-2H3,(H,11,12). The molecule has 1 amide bonds. The molecule has 0 rings (SSSR count). The van der Waals surface area contributed by atoms with Gasteiger partial charge in [-0.1, -0.05) is 6.92 Å². The van der Waals surface area contributed by atoms with Gasteiger partial charge in [0.2, 0.25) is 5.91 Å². The first-order valence-electron chi connectivity index (χ1n) is 4.51. The van der Waals surface area contributed by atoms with E-state index in [0.717, 1.165) is 11.5 Å². The molecule has 0 aromatic rings. The molecular formula is C9H16N2OS. The van der Waals surface area contributed by atoms with Crippen molar-refractivity contribution >= 4 is 17.7 Å². The molecule has 0 heterocycles. The van der Waals surface area contributed by atoms with Crippen molar-refractivity contribution in [3.63, 3.8) is 0 Å². The normalized spacial score (nSPS) is 11.8. The van der Waals surface area contributed by atoms with Crippen molar-refractivity contribution in [2.24, 2.45) is 5.92 Å². The van der Waals surface area contributed by atoms with Crippen molar-refractivity contribution in [1.29, 1.82) is 5.26 Å². The van der Waals surface area contributed by atoms with Gasteiger partial charge in [-0.3, -0.25) is 4.79 Å². The maximum Gasteiger partial charge on any atom is 0.237 e. The van der Waals surface area contributed by atoms with Crippen LogP contribution in [0.15, 0.2) is 0 Å². The molecule has 0 saturated heterocycles. The first-order valence-corrected chi connectivity index (χ1v) is 5.66. The van der Waals surface area contributed by atoms with Crippen LogP contribution >= 0.6 is 11.8 Å². The second-order valence-corrected chi connectivity index (χ2v) is 3.96. The molecule has 0 aromatic heterocycles. The Bertz CT molecular complexity index is 189. The van der Waals surface area contributed by atoms with E-state index in [4.69, 9.17) is 5.26 Å². The fourth-order valence-corrected chi connectivity index (χ4v) is 1.59. The highest BCUT2D eigenvalue weighted by atomic mass is 32.2. The van der Waals surface area contributed by atoms with Gasteiger partial charge < -0.3 is 5.32 Å².